The number of carbonyl (C=O) groups is 2. The van der Waals surface area contributed by atoms with E-state index >= 15 is 0 Å². The smallest absolute Gasteiger partial charge is 0.273 e. The average Bonchev–Trinajstić information content (AvgIpc) is 3.28. The number of thiophene rings is 1. The number of hydrogen-bond acceptors (Lipinski definition) is 6. The number of aromatic nitrogens is 1. The van der Waals surface area contributed by atoms with Crippen molar-refractivity contribution in [1.82, 2.24) is 19.7 Å². The van der Waals surface area contributed by atoms with E-state index in [1.165, 1.54) is 11.3 Å². The van der Waals surface area contributed by atoms with Crippen LogP contribution in [-0.2, 0) is 4.79 Å². The Morgan fingerprint density at radius 1 is 1.25 bits per heavy atom. The van der Waals surface area contributed by atoms with E-state index in [1.807, 2.05) is 29.9 Å². The summed E-state index contributed by atoms with van der Waals surface area (Å²) in [5.41, 5.74) is 0.480. The molecule has 126 valence electrons. The Kier molecular flexibility index (Phi) is 4.11. The molecule has 0 aliphatic carbocycles. The lowest BCUT2D eigenvalue weighted by molar-refractivity contribution is -0.142. The number of amides is 2. The van der Waals surface area contributed by atoms with Crippen LogP contribution < -0.4 is 0 Å². The minimum absolute atomic E-state index is 0.0743. The lowest BCUT2D eigenvalue weighted by Gasteiger charge is -2.45. The molecule has 2 saturated heterocycles. The van der Waals surface area contributed by atoms with Gasteiger partial charge in [0.2, 0.25) is 5.91 Å². The van der Waals surface area contributed by atoms with Gasteiger partial charge < -0.3 is 9.80 Å². The van der Waals surface area contributed by atoms with Crippen molar-refractivity contribution in [1.29, 1.82) is 0 Å². The Hall–Kier alpha value is -1.77. The normalized spacial score (nSPS) is 21.9. The van der Waals surface area contributed by atoms with Gasteiger partial charge in [-0.15, -0.1) is 22.7 Å². The summed E-state index contributed by atoms with van der Waals surface area (Å²) < 4.78 is 0. The molecule has 4 heterocycles. The monoisotopic (exact) mass is 362 g/mol. The van der Waals surface area contributed by atoms with Crippen LogP contribution in [0.3, 0.4) is 0 Å². The number of fused-ring (bicyclic) bond motifs is 1. The van der Waals surface area contributed by atoms with Crippen molar-refractivity contribution in [3.05, 3.63) is 28.6 Å². The first-order chi connectivity index (χ1) is 11.6. The van der Waals surface area contributed by atoms with Crippen molar-refractivity contribution in [2.45, 2.75) is 6.04 Å². The summed E-state index contributed by atoms with van der Waals surface area (Å²) in [5.74, 6) is 0.0334. The summed E-state index contributed by atoms with van der Waals surface area (Å²) in [4.78, 5) is 36.4. The molecule has 2 aliphatic heterocycles. The van der Waals surface area contributed by atoms with Crippen LogP contribution in [0.15, 0.2) is 22.9 Å². The lowest BCUT2D eigenvalue weighted by Crippen LogP contribution is -2.64. The molecule has 8 heteroatoms. The van der Waals surface area contributed by atoms with Crippen LogP contribution in [0, 0.1) is 0 Å². The van der Waals surface area contributed by atoms with Crippen LogP contribution in [-0.4, -0.2) is 77.3 Å². The average molecular weight is 362 g/mol. The predicted octanol–water partition coefficient (Wildman–Crippen LogP) is 1.47. The van der Waals surface area contributed by atoms with Gasteiger partial charge in [0.15, 0.2) is 0 Å². The first kappa shape index (κ1) is 15.7. The standard InChI is InChI=1S/C16H18N4O2S2/c1-18-4-5-19-6-7-20(9-12(19)16(18)22)15(21)11-10-24-14(17-11)13-3-2-8-23-13/h2-3,8,10,12H,4-7,9H2,1H3. The lowest BCUT2D eigenvalue weighted by atomic mass is 10.1. The van der Waals surface area contributed by atoms with Gasteiger partial charge in [0, 0.05) is 45.2 Å². The van der Waals surface area contributed by atoms with Crippen LogP contribution in [0.4, 0.5) is 0 Å². The molecule has 0 spiro atoms. The Morgan fingerprint density at radius 2 is 2.08 bits per heavy atom. The van der Waals surface area contributed by atoms with Crippen molar-refractivity contribution in [2.75, 3.05) is 39.8 Å². The molecule has 1 unspecified atom stereocenters. The maximum absolute atomic E-state index is 12.8. The SMILES string of the molecule is CN1CCN2CCN(C(=O)c3csc(-c4cccs4)n3)CC2C1=O. The van der Waals surface area contributed by atoms with Gasteiger partial charge in [-0.05, 0) is 11.4 Å². The predicted molar refractivity (Wildman–Crippen MR) is 94.3 cm³/mol. The number of hydrogen-bond donors (Lipinski definition) is 0. The van der Waals surface area contributed by atoms with Gasteiger partial charge in [0.1, 0.15) is 16.7 Å². The summed E-state index contributed by atoms with van der Waals surface area (Å²) in [6.07, 6.45) is 0. The Balaban J connectivity index is 1.50. The maximum Gasteiger partial charge on any atom is 0.273 e. The zero-order valence-corrected chi connectivity index (χ0v) is 15.0. The van der Waals surface area contributed by atoms with Gasteiger partial charge in [-0.1, -0.05) is 6.07 Å². The summed E-state index contributed by atoms with van der Waals surface area (Å²) in [7, 11) is 1.83. The highest BCUT2D eigenvalue weighted by Crippen LogP contribution is 2.28. The molecular formula is C16H18N4O2S2. The van der Waals surface area contributed by atoms with E-state index in [2.05, 4.69) is 9.88 Å². The minimum Gasteiger partial charge on any atom is -0.343 e. The second-order valence-corrected chi connectivity index (χ2v) is 7.88. The zero-order valence-electron chi connectivity index (χ0n) is 13.3. The van der Waals surface area contributed by atoms with Crippen molar-refractivity contribution in [2.24, 2.45) is 0 Å². The summed E-state index contributed by atoms with van der Waals surface area (Å²) in [5, 5.41) is 4.70. The fourth-order valence-electron chi connectivity index (χ4n) is 3.20. The Bertz CT molecular complexity index is 758. The number of nitrogens with zero attached hydrogens (tertiary/aromatic N) is 4. The van der Waals surface area contributed by atoms with E-state index < -0.39 is 0 Å². The number of likely N-dealkylation sites (N-methyl/N-ethyl adjacent to an activating group) is 1. The van der Waals surface area contributed by atoms with Gasteiger partial charge in [-0.25, -0.2) is 4.98 Å². The first-order valence-electron chi connectivity index (χ1n) is 7.91. The molecule has 0 bridgehead atoms. The van der Waals surface area contributed by atoms with Crippen LogP contribution in [0.1, 0.15) is 10.5 Å². The third-order valence-electron chi connectivity index (χ3n) is 4.62. The molecule has 2 aromatic rings. The maximum atomic E-state index is 12.8. The molecule has 2 fully saturated rings. The number of thiazole rings is 1. The topological polar surface area (TPSA) is 56.8 Å². The van der Waals surface area contributed by atoms with Crippen molar-refractivity contribution < 1.29 is 9.59 Å². The molecule has 24 heavy (non-hydrogen) atoms. The molecule has 6 nitrogen and oxygen atoms in total. The Labute approximate surface area is 148 Å². The number of piperazine rings is 2. The third-order valence-corrected chi connectivity index (χ3v) is 6.50. The molecule has 2 amide bonds. The Morgan fingerprint density at radius 3 is 2.88 bits per heavy atom. The first-order valence-corrected chi connectivity index (χ1v) is 9.67. The van der Waals surface area contributed by atoms with Crippen LogP contribution in [0.25, 0.3) is 9.88 Å². The van der Waals surface area contributed by atoms with Gasteiger partial charge >= 0.3 is 0 Å². The number of carbonyl (C=O) groups excluding carboxylic acids is 2. The summed E-state index contributed by atoms with van der Waals surface area (Å²) in [6.45, 7) is 3.50. The third kappa shape index (κ3) is 2.74. The molecule has 0 aromatic carbocycles. The molecule has 2 aliphatic rings. The molecule has 1 atom stereocenters. The van der Waals surface area contributed by atoms with Crippen molar-refractivity contribution in [3.8, 4) is 9.88 Å². The summed E-state index contributed by atoms with van der Waals surface area (Å²) in [6, 6.07) is 3.78. The number of rotatable bonds is 2. The zero-order chi connectivity index (χ0) is 16.7. The second-order valence-electron chi connectivity index (χ2n) is 6.08. The van der Waals surface area contributed by atoms with Crippen LogP contribution in [0.2, 0.25) is 0 Å². The fraction of sp³-hybridized carbons (Fsp3) is 0.438. The van der Waals surface area contributed by atoms with Crippen LogP contribution in [0.5, 0.6) is 0 Å². The molecule has 0 N–H and O–H groups in total. The molecular weight excluding hydrogens is 344 g/mol. The van der Waals surface area contributed by atoms with E-state index in [1.54, 1.807) is 21.1 Å². The van der Waals surface area contributed by atoms with Gasteiger partial charge in [0.05, 0.1) is 4.88 Å². The van der Waals surface area contributed by atoms with Crippen molar-refractivity contribution >= 4 is 34.5 Å². The van der Waals surface area contributed by atoms with E-state index in [0.29, 0.717) is 18.8 Å². The minimum atomic E-state index is -0.211. The highest BCUT2D eigenvalue weighted by atomic mass is 32.1. The quantitative estimate of drug-likeness (QED) is 0.812. The van der Waals surface area contributed by atoms with E-state index in [9.17, 15) is 9.59 Å². The van der Waals surface area contributed by atoms with E-state index in [4.69, 9.17) is 0 Å². The van der Waals surface area contributed by atoms with Crippen LogP contribution >= 0.6 is 22.7 Å². The highest BCUT2D eigenvalue weighted by Gasteiger charge is 2.39. The van der Waals surface area contributed by atoms with E-state index in [-0.39, 0.29) is 17.9 Å². The fourth-order valence-corrected chi connectivity index (χ4v) is 4.81. The van der Waals surface area contributed by atoms with Gasteiger partial charge in [-0.2, -0.15) is 0 Å². The van der Waals surface area contributed by atoms with E-state index in [0.717, 1.165) is 29.5 Å². The second kappa shape index (κ2) is 6.27. The largest absolute Gasteiger partial charge is 0.343 e. The molecule has 2 aromatic heterocycles. The van der Waals surface area contributed by atoms with Gasteiger partial charge in [0.25, 0.3) is 5.91 Å². The highest BCUT2D eigenvalue weighted by molar-refractivity contribution is 7.20. The molecule has 0 saturated carbocycles. The van der Waals surface area contributed by atoms with Gasteiger partial charge in [-0.3, -0.25) is 14.5 Å². The molecule has 4 rings (SSSR count). The summed E-state index contributed by atoms with van der Waals surface area (Å²) >= 11 is 3.11. The van der Waals surface area contributed by atoms with Crippen molar-refractivity contribution in [3.63, 3.8) is 0 Å². The molecule has 0 radical (unpaired) electrons.